The fraction of sp³-hybridized carbons (Fsp3) is 0.150. The summed E-state index contributed by atoms with van der Waals surface area (Å²) in [5.74, 6) is -0.917. The van der Waals surface area contributed by atoms with Crippen LogP contribution in [0.2, 0.25) is 0 Å². The van der Waals surface area contributed by atoms with E-state index in [1.165, 1.54) is 0 Å². The number of aromatic nitrogens is 1. The van der Waals surface area contributed by atoms with E-state index >= 15 is 0 Å². The number of hydrogen-bond donors (Lipinski definition) is 1. The molecule has 2 aromatic carbocycles. The van der Waals surface area contributed by atoms with E-state index < -0.39 is 5.97 Å². The molecule has 0 amide bonds. The van der Waals surface area contributed by atoms with E-state index in [9.17, 15) is 9.90 Å². The maximum Gasteiger partial charge on any atom is 0.337 e. The Morgan fingerprint density at radius 2 is 1.71 bits per heavy atom. The molecule has 1 heterocycles. The van der Waals surface area contributed by atoms with Crippen molar-refractivity contribution in [3.8, 4) is 16.9 Å². The lowest BCUT2D eigenvalue weighted by atomic mass is 10.1. The molecule has 0 aliphatic heterocycles. The number of hydrogen-bond acceptors (Lipinski definition) is 2. The van der Waals surface area contributed by atoms with Crippen molar-refractivity contribution in [3.63, 3.8) is 0 Å². The summed E-state index contributed by atoms with van der Waals surface area (Å²) in [5.41, 5.74) is 4.81. The summed E-state index contributed by atoms with van der Waals surface area (Å²) < 4.78 is 2.01. The van der Waals surface area contributed by atoms with Crippen LogP contribution in [-0.2, 0) is 0 Å². The minimum Gasteiger partial charge on any atom is -0.478 e. The number of carboxylic acid groups (broad SMARTS) is 1. The van der Waals surface area contributed by atoms with E-state index in [0.717, 1.165) is 22.6 Å². The Kier molecular flexibility index (Phi) is 4.13. The van der Waals surface area contributed by atoms with Gasteiger partial charge in [0.1, 0.15) is 0 Å². The van der Waals surface area contributed by atoms with Gasteiger partial charge in [0, 0.05) is 31.2 Å². The highest BCUT2D eigenvalue weighted by Gasteiger charge is 2.20. The third-order valence-corrected chi connectivity index (χ3v) is 4.07. The minimum absolute atomic E-state index is 0.314. The smallest absolute Gasteiger partial charge is 0.337 e. The van der Waals surface area contributed by atoms with E-state index in [4.69, 9.17) is 0 Å². The third-order valence-electron chi connectivity index (χ3n) is 4.07. The predicted octanol–water partition coefficient (Wildman–Crippen LogP) is 4.22. The Hall–Kier alpha value is -3.01. The summed E-state index contributed by atoms with van der Waals surface area (Å²) in [6.45, 7) is 1.93. The first-order chi connectivity index (χ1) is 11.5. The zero-order chi connectivity index (χ0) is 17.3. The summed E-state index contributed by atoms with van der Waals surface area (Å²) in [4.78, 5) is 13.8. The molecule has 4 heteroatoms. The molecule has 0 aliphatic carbocycles. The zero-order valence-electron chi connectivity index (χ0n) is 14.0. The number of benzene rings is 2. The van der Waals surface area contributed by atoms with Crippen molar-refractivity contribution in [3.05, 3.63) is 71.9 Å². The van der Waals surface area contributed by atoms with Gasteiger partial charge < -0.3 is 14.6 Å². The molecule has 3 rings (SSSR count). The van der Waals surface area contributed by atoms with Gasteiger partial charge in [0.2, 0.25) is 0 Å². The van der Waals surface area contributed by atoms with Gasteiger partial charge >= 0.3 is 5.97 Å². The third kappa shape index (κ3) is 2.78. The van der Waals surface area contributed by atoms with E-state index in [0.29, 0.717) is 11.3 Å². The number of aryl methyl sites for hydroxylation is 1. The SMILES string of the molecule is Cc1cc(C(=O)O)c(-c2ccccc2)n1-c1cccc(N(C)C)c1. The molecule has 24 heavy (non-hydrogen) atoms. The Morgan fingerprint density at radius 1 is 1.00 bits per heavy atom. The second-order valence-electron chi connectivity index (χ2n) is 5.97. The number of rotatable bonds is 4. The van der Waals surface area contributed by atoms with E-state index in [-0.39, 0.29) is 0 Å². The molecule has 1 aromatic heterocycles. The maximum absolute atomic E-state index is 11.7. The number of anilines is 1. The average molecular weight is 320 g/mol. The van der Waals surface area contributed by atoms with E-state index in [2.05, 4.69) is 6.07 Å². The molecule has 3 aromatic rings. The normalized spacial score (nSPS) is 10.6. The van der Waals surface area contributed by atoms with Crippen LogP contribution in [0.5, 0.6) is 0 Å². The number of nitrogens with zero attached hydrogens (tertiary/aromatic N) is 2. The highest BCUT2D eigenvalue weighted by Crippen LogP contribution is 2.31. The molecule has 0 aliphatic rings. The maximum atomic E-state index is 11.7. The van der Waals surface area contributed by atoms with Gasteiger partial charge in [-0.15, -0.1) is 0 Å². The summed E-state index contributed by atoms with van der Waals surface area (Å²) in [6, 6.07) is 19.4. The lowest BCUT2D eigenvalue weighted by molar-refractivity contribution is 0.0698. The lowest BCUT2D eigenvalue weighted by Crippen LogP contribution is -2.09. The van der Waals surface area contributed by atoms with Crippen molar-refractivity contribution < 1.29 is 9.90 Å². The molecule has 1 N–H and O–H groups in total. The van der Waals surface area contributed by atoms with Crippen molar-refractivity contribution in [2.45, 2.75) is 6.92 Å². The first-order valence-electron chi connectivity index (χ1n) is 7.78. The predicted molar refractivity (Wildman–Crippen MR) is 97.2 cm³/mol. The van der Waals surface area contributed by atoms with Gasteiger partial charge in [0.25, 0.3) is 0 Å². The van der Waals surface area contributed by atoms with Crippen LogP contribution in [0.1, 0.15) is 16.1 Å². The molecule has 0 unspecified atom stereocenters. The van der Waals surface area contributed by atoms with Gasteiger partial charge in [-0.05, 0) is 36.8 Å². The molecule has 0 atom stereocenters. The van der Waals surface area contributed by atoms with Crippen LogP contribution in [0, 0.1) is 6.92 Å². The Labute approximate surface area is 141 Å². The monoisotopic (exact) mass is 320 g/mol. The summed E-state index contributed by atoms with van der Waals surface area (Å²) >= 11 is 0. The molecule has 0 saturated carbocycles. The van der Waals surface area contributed by atoms with Crippen LogP contribution >= 0.6 is 0 Å². The van der Waals surface area contributed by atoms with Crippen molar-refractivity contribution in [1.29, 1.82) is 0 Å². The lowest BCUT2D eigenvalue weighted by Gasteiger charge is -2.17. The first kappa shape index (κ1) is 15.9. The van der Waals surface area contributed by atoms with Crippen molar-refractivity contribution in [2.75, 3.05) is 19.0 Å². The number of aromatic carboxylic acids is 1. The second kappa shape index (κ2) is 6.24. The molecule has 0 spiro atoms. The highest BCUT2D eigenvalue weighted by atomic mass is 16.4. The van der Waals surface area contributed by atoms with Crippen LogP contribution in [0.4, 0.5) is 5.69 Å². The Bertz CT molecular complexity index is 880. The Balaban J connectivity index is 2.29. The molecule has 4 nitrogen and oxygen atoms in total. The summed E-state index contributed by atoms with van der Waals surface area (Å²) in [6.07, 6.45) is 0. The van der Waals surface area contributed by atoms with Crippen molar-refractivity contribution in [1.82, 2.24) is 4.57 Å². The van der Waals surface area contributed by atoms with Crippen LogP contribution in [0.15, 0.2) is 60.7 Å². The minimum atomic E-state index is -0.917. The number of carbonyl (C=O) groups is 1. The van der Waals surface area contributed by atoms with Crippen LogP contribution < -0.4 is 4.90 Å². The quantitative estimate of drug-likeness (QED) is 0.783. The molecule has 0 bridgehead atoms. The largest absolute Gasteiger partial charge is 0.478 e. The van der Waals surface area contributed by atoms with Crippen molar-refractivity contribution in [2.24, 2.45) is 0 Å². The summed E-state index contributed by atoms with van der Waals surface area (Å²) in [7, 11) is 3.98. The van der Waals surface area contributed by atoms with E-state index in [1.54, 1.807) is 6.07 Å². The first-order valence-corrected chi connectivity index (χ1v) is 7.78. The molecular weight excluding hydrogens is 300 g/mol. The highest BCUT2D eigenvalue weighted by molar-refractivity contribution is 5.96. The molecule has 0 saturated heterocycles. The van der Waals surface area contributed by atoms with Crippen LogP contribution in [0.25, 0.3) is 16.9 Å². The van der Waals surface area contributed by atoms with Gasteiger partial charge in [0.15, 0.2) is 0 Å². The van der Waals surface area contributed by atoms with E-state index in [1.807, 2.05) is 79.0 Å². The van der Waals surface area contributed by atoms with Gasteiger partial charge in [-0.3, -0.25) is 0 Å². The van der Waals surface area contributed by atoms with Crippen molar-refractivity contribution >= 4 is 11.7 Å². The van der Waals surface area contributed by atoms with Gasteiger partial charge in [-0.1, -0.05) is 36.4 Å². The van der Waals surface area contributed by atoms with Crippen LogP contribution in [-0.4, -0.2) is 29.7 Å². The molecular formula is C20H20N2O2. The van der Waals surface area contributed by atoms with Gasteiger partial charge in [-0.25, -0.2) is 4.79 Å². The zero-order valence-corrected chi connectivity index (χ0v) is 14.0. The standard InChI is InChI=1S/C20H20N2O2/c1-14-12-18(20(23)24)19(15-8-5-4-6-9-15)22(14)17-11-7-10-16(13-17)21(2)3/h4-13H,1-3H3,(H,23,24). The summed E-state index contributed by atoms with van der Waals surface area (Å²) in [5, 5.41) is 9.63. The second-order valence-corrected chi connectivity index (χ2v) is 5.97. The topological polar surface area (TPSA) is 45.5 Å². The van der Waals surface area contributed by atoms with Gasteiger partial charge in [0.05, 0.1) is 11.3 Å². The average Bonchev–Trinajstić information content (AvgIpc) is 2.93. The molecule has 0 radical (unpaired) electrons. The fourth-order valence-electron chi connectivity index (χ4n) is 2.93. The fourth-order valence-corrected chi connectivity index (χ4v) is 2.93. The number of carboxylic acids is 1. The van der Waals surface area contributed by atoms with Gasteiger partial charge in [-0.2, -0.15) is 0 Å². The molecule has 0 fully saturated rings. The van der Waals surface area contributed by atoms with Crippen LogP contribution in [0.3, 0.4) is 0 Å². The molecule has 122 valence electrons. The Morgan fingerprint density at radius 3 is 2.33 bits per heavy atom.